The number of benzene rings is 1. The maximum absolute atomic E-state index is 12.1. The molecule has 1 aromatic carbocycles. The number of pyridine rings is 1. The summed E-state index contributed by atoms with van der Waals surface area (Å²) in [6.07, 6.45) is 3.34. The third-order valence-electron chi connectivity index (χ3n) is 2.92. The van der Waals surface area contributed by atoms with Crippen molar-refractivity contribution in [1.82, 2.24) is 9.88 Å². The van der Waals surface area contributed by atoms with E-state index in [1.165, 1.54) is 4.90 Å². The van der Waals surface area contributed by atoms with Crippen molar-refractivity contribution in [3.05, 3.63) is 36.7 Å². The Labute approximate surface area is 116 Å². The molecule has 20 heavy (non-hydrogen) atoms. The number of nitrogens with one attached hydrogen (secondary N) is 1. The van der Waals surface area contributed by atoms with Crippen LogP contribution in [-0.2, 0) is 4.79 Å². The topological polar surface area (TPSA) is 82.5 Å². The lowest BCUT2D eigenvalue weighted by atomic mass is 10.1. The predicted octanol–water partition coefficient (Wildman–Crippen LogP) is 2.17. The van der Waals surface area contributed by atoms with Crippen LogP contribution in [0.25, 0.3) is 10.8 Å². The number of nitrogens with zero attached hydrogens (tertiary/aromatic N) is 2. The first-order valence-corrected chi connectivity index (χ1v) is 6.22. The van der Waals surface area contributed by atoms with Crippen molar-refractivity contribution in [2.75, 3.05) is 18.4 Å². The number of amides is 2. The second-order valence-electron chi connectivity index (χ2n) is 4.24. The number of anilines is 1. The lowest BCUT2D eigenvalue weighted by Crippen LogP contribution is -2.38. The highest BCUT2D eigenvalue weighted by Gasteiger charge is 2.15. The summed E-state index contributed by atoms with van der Waals surface area (Å²) in [6.45, 7) is 1.72. The summed E-state index contributed by atoms with van der Waals surface area (Å²) in [4.78, 5) is 28.0. The largest absolute Gasteiger partial charge is 0.480 e. The number of carboxylic acids is 1. The normalized spacial score (nSPS) is 10.2. The minimum atomic E-state index is -1.04. The molecular formula is C14H15N3O3. The molecule has 0 aliphatic rings. The number of fused-ring (bicyclic) bond motifs is 1. The van der Waals surface area contributed by atoms with Gasteiger partial charge in [-0.3, -0.25) is 9.78 Å². The van der Waals surface area contributed by atoms with Gasteiger partial charge in [0.25, 0.3) is 0 Å². The molecule has 2 aromatic rings. The number of rotatable bonds is 4. The van der Waals surface area contributed by atoms with Gasteiger partial charge in [-0.2, -0.15) is 0 Å². The number of carbonyl (C=O) groups excluding carboxylic acids is 1. The number of hydrogen-bond acceptors (Lipinski definition) is 3. The number of urea groups is 1. The highest BCUT2D eigenvalue weighted by atomic mass is 16.4. The molecule has 104 valence electrons. The average molecular weight is 273 g/mol. The fraction of sp³-hybridized carbons (Fsp3) is 0.214. The van der Waals surface area contributed by atoms with Crippen molar-refractivity contribution in [3.63, 3.8) is 0 Å². The van der Waals surface area contributed by atoms with Gasteiger partial charge in [-0.1, -0.05) is 12.1 Å². The SMILES string of the molecule is CCN(CC(=O)O)C(=O)Nc1cccc2ccncc12. The van der Waals surface area contributed by atoms with E-state index in [2.05, 4.69) is 10.3 Å². The first-order valence-electron chi connectivity index (χ1n) is 6.22. The van der Waals surface area contributed by atoms with Crippen molar-refractivity contribution in [3.8, 4) is 0 Å². The van der Waals surface area contributed by atoms with Gasteiger partial charge in [0.15, 0.2) is 0 Å². The van der Waals surface area contributed by atoms with Gasteiger partial charge >= 0.3 is 12.0 Å². The standard InChI is InChI=1S/C14H15N3O3/c1-2-17(9-13(18)19)14(20)16-12-5-3-4-10-6-7-15-8-11(10)12/h3-8H,2,9H2,1H3,(H,16,20)(H,18,19). The highest BCUT2D eigenvalue weighted by Crippen LogP contribution is 2.22. The van der Waals surface area contributed by atoms with Crippen LogP contribution < -0.4 is 5.32 Å². The number of likely N-dealkylation sites (N-methyl/N-ethyl adjacent to an activating group) is 1. The van der Waals surface area contributed by atoms with E-state index in [1.54, 1.807) is 25.4 Å². The van der Waals surface area contributed by atoms with Gasteiger partial charge in [-0.05, 0) is 24.4 Å². The molecule has 0 spiro atoms. The summed E-state index contributed by atoms with van der Waals surface area (Å²) in [5, 5.41) is 13.3. The molecule has 2 amide bonds. The molecule has 0 unspecified atom stereocenters. The van der Waals surface area contributed by atoms with Crippen LogP contribution in [0.3, 0.4) is 0 Å². The van der Waals surface area contributed by atoms with Crippen LogP contribution in [0.4, 0.5) is 10.5 Å². The third kappa shape index (κ3) is 3.03. The van der Waals surface area contributed by atoms with Crippen LogP contribution in [0.5, 0.6) is 0 Å². The summed E-state index contributed by atoms with van der Waals surface area (Å²) >= 11 is 0. The van der Waals surface area contributed by atoms with Crippen molar-refractivity contribution in [2.45, 2.75) is 6.92 Å². The van der Waals surface area contributed by atoms with Crippen LogP contribution in [-0.4, -0.2) is 40.1 Å². The minimum absolute atomic E-state index is 0.321. The van der Waals surface area contributed by atoms with E-state index < -0.39 is 12.0 Å². The molecule has 2 rings (SSSR count). The molecule has 0 saturated heterocycles. The average Bonchev–Trinajstić information content (AvgIpc) is 2.45. The van der Waals surface area contributed by atoms with Crippen molar-refractivity contribution in [1.29, 1.82) is 0 Å². The fourth-order valence-corrected chi connectivity index (χ4v) is 1.91. The van der Waals surface area contributed by atoms with E-state index in [-0.39, 0.29) is 6.54 Å². The second-order valence-corrected chi connectivity index (χ2v) is 4.24. The minimum Gasteiger partial charge on any atom is -0.480 e. The number of hydrogen-bond donors (Lipinski definition) is 2. The molecule has 0 bridgehead atoms. The first-order chi connectivity index (χ1) is 9.61. The molecule has 6 heteroatoms. The Hall–Kier alpha value is -2.63. The van der Waals surface area contributed by atoms with Crippen molar-refractivity contribution in [2.24, 2.45) is 0 Å². The van der Waals surface area contributed by atoms with Gasteiger partial charge in [0.2, 0.25) is 0 Å². The van der Waals surface area contributed by atoms with E-state index in [9.17, 15) is 9.59 Å². The lowest BCUT2D eigenvalue weighted by molar-refractivity contribution is -0.137. The molecule has 2 N–H and O–H groups in total. The first kappa shape index (κ1) is 13.8. The van der Waals surface area contributed by atoms with Crippen LogP contribution in [0.15, 0.2) is 36.7 Å². The summed E-state index contributed by atoms with van der Waals surface area (Å²) in [6, 6.07) is 6.91. The Morgan fingerprint density at radius 2 is 2.15 bits per heavy atom. The highest BCUT2D eigenvalue weighted by molar-refractivity contribution is 6.01. The summed E-state index contributed by atoms with van der Waals surface area (Å²) in [7, 11) is 0. The number of aliphatic carboxylic acids is 1. The zero-order valence-electron chi connectivity index (χ0n) is 11.0. The Balaban J connectivity index is 2.23. The Morgan fingerprint density at radius 1 is 1.35 bits per heavy atom. The second kappa shape index (κ2) is 6.01. The summed E-state index contributed by atoms with van der Waals surface area (Å²) in [5.41, 5.74) is 0.615. The van der Waals surface area contributed by atoms with Crippen LogP contribution in [0, 0.1) is 0 Å². The fourth-order valence-electron chi connectivity index (χ4n) is 1.91. The van der Waals surface area contributed by atoms with Gasteiger partial charge in [-0.25, -0.2) is 4.79 Å². The molecule has 0 aliphatic heterocycles. The predicted molar refractivity (Wildman–Crippen MR) is 75.6 cm³/mol. The number of carbonyl (C=O) groups is 2. The molecule has 0 radical (unpaired) electrons. The van der Waals surface area contributed by atoms with Crippen molar-refractivity contribution < 1.29 is 14.7 Å². The zero-order chi connectivity index (χ0) is 14.5. The molecule has 0 saturated carbocycles. The van der Waals surface area contributed by atoms with E-state index >= 15 is 0 Å². The van der Waals surface area contributed by atoms with Crippen LogP contribution in [0.2, 0.25) is 0 Å². The Morgan fingerprint density at radius 3 is 2.85 bits per heavy atom. The zero-order valence-corrected chi connectivity index (χ0v) is 11.0. The van der Waals surface area contributed by atoms with Gasteiger partial charge < -0.3 is 15.3 Å². The number of carboxylic acid groups (broad SMARTS) is 1. The smallest absolute Gasteiger partial charge is 0.323 e. The van der Waals surface area contributed by atoms with Gasteiger partial charge in [0.1, 0.15) is 6.54 Å². The molecule has 1 heterocycles. The summed E-state index contributed by atoms with van der Waals surface area (Å²) in [5.74, 6) is -1.04. The van der Waals surface area contributed by atoms with Crippen LogP contribution >= 0.6 is 0 Å². The van der Waals surface area contributed by atoms with E-state index in [0.717, 1.165) is 10.8 Å². The molecule has 0 fully saturated rings. The maximum Gasteiger partial charge on any atom is 0.323 e. The lowest BCUT2D eigenvalue weighted by Gasteiger charge is -2.19. The molecular weight excluding hydrogens is 258 g/mol. The Kier molecular flexibility index (Phi) is 4.14. The maximum atomic E-state index is 12.1. The third-order valence-corrected chi connectivity index (χ3v) is 2.92. The molecule has 6 nitrogen and oxygen atoms in total. The van der Waals surface area contributed by atoms with Crippen molar-refractivity contribution >= 4 is 28.5 Å². The summed E-state index contributed by atoms with van der Waals surface area (Å²) < 4.78 is 0. The van der Waals surface area contributed by atoms with Crippen LogP contribution in [0.1, 0.15) is 6.92 Å². The van der Waals surface area contributed by atoms with E-state index in [0.29, 0.717) is 12.2 Å². The monoisotopic (exact) mass is 273 g/mol. The number of aromatic nitrogens is 1. The molecule has 0 aliphatic carbocycles. The molecule has 0 atom stereocenters. The van der Waals surface area contributed by atoms with Gasteiger partial charge in [-0.15, -0.1) is 0 Å². The van der Waals surface area contributed by atoms with Gasteiger partial charge in [0.05, 0.1) is 5.69 Å². The quantitative estimate of drug-likeness (QED) is 0.894. The molecule has 1 aromatic heterocycles. The van der Waals surface area contributed by atoms with Gasteiger partial charge in [0, 0.05) is 24.3 Å². The Bertz CT molecular complexity index is 637. The van der Waals surface area contributed by atoms with E-state index in [1.807, 2.05) is 18.2 Å². The van der Waals surface area contributed by atoms with E-state index in [4.69, 9.17) is 5.11 Å².